The van der Waals surface area contributed by atoms with Crippen molar-refractivity contribution in [3.8, 4) is 0 Å². The molecule has 112 valence electrons. The van der Waals surface area contributed by atoms with Crippen molar-refractivity contribution in [2.24, 2.45) is 5.92 Å². The summed E-state index contributed by atoms with van der Waals surface area (Å²) in [6.45, 7) is 3.81. The number of esters is 1. The Balaban J connectivity index is 2.89. The number of benzene rings is 1. The van der Waals surface area contributed by atoms with E-state index in [9.17, 15) is 13.2 Å². The number of hydrogen-bond donors (Lipinski definition) is 1. The van der Waals surface area contributed by atoms with Gasteiger partial charge in [-0.2, -0.15) is 0 Å². The average molecular weight is 317 g/mol. The highest BCUT2D eigenvalue weighted by atomic mass is 32.2. The van der Waals surface area contributed by atoms with Crippen molar-refractivity contribution in [3.05, 3.63) is 24.3 Å². The van der Waals surface area contributed by atoms with Gasteiger partial charge in [-0.15, -0.1) is 11.8 Å². The number of hydrogen-bond acceptors (Lipinski definition) is 5. The SMILES string of the molecule is CCNS(=O)(=O)c1ccccc1SCC(C)C(=O)OC. The lowest BCUT2D eigenvalue weighted by Gasteiger charge is -2.12. The minimum atomic E-state index is -3.50. The van der Waals surface area contributed by atoms with Crippen LogP contribution in [0.1, 0.15) is 13.8 Å². The summed E-state index contributed by atoms with van der Waals surface area (Å²) in [7, 11) is -2.16. The van der Waals surface area contributed by atoms with E-state index < -0.39 is 10.0 Å². The maximum Gasteiger partial charge on any atom is 0.309 e. The Morgan fingerprint density at radius 3 is 2.65 bits per heavy atom. The highest BCUT2D eigenvalue weighted by Gasteiger charge is 2.19. The van der Waals surface area contributed by atoms with Crippen LogP contribution in [0.3, 0.4) is 0 Å². The van der Waals surface area contributed by atoms with Gasteiger partial charge < -0.3 is 4.74 Å². The molecule has 1 atom stereocenters. The fourth-order valence-corrected chi connectivity index (χ4v) is 4.13. The van der Waals surface area contributed by atoms with Crippen molar-refractivity contribution < 1.29 is 17.9 Å². The van der Waals surface area contributed by atoms with Crippen LogP contribution in [0, 0.1) is 5.92 Å². The van der Waals surface area contributed by atoms with Gasteiger partial charge in [0.2, 0.25) is 10.0 Å². The quantitative estimate of drug-likeness (QED) is 0.614. The smallest absolute Gasteiger partial charge is 0.309 e. The van der Waals surface area contributed by atoms with Gasteiger partial charge in [0.05, 0.1) is 17.9 Å². The molecule has 1 unspecified atom stereocenters. The molecular weight excluding hydrogens is 298 g/mol. The molecule has 0 radical (unpaired) electrons. The Hall–Kier alpha value is -1.05. The fourth-order valence-electron chi connectivity index (χ4n) is 1.54. The lowest BCUT2D eigenvalue weighted by atomic mass is 10.2. The second-order valence-corrected chi connectivity index (χ2v) is 6.98. The molecule has 0 heterocycles. The highest BCUT2D eigenvalue weighted by Crippen LogP contribution is 2.28. The normalized spacial score (nSPS) is 12.9. The topological polar surface area (TPSA) is 72.5 Å². The Labute approximate surface area is 124 Å². The molecule has 0 aliphatic heterocycles. The van der Waals surface area contributed by atoms with Crippen LogP contribution in [0.5, 0.6) is 0 Å². The largest absolute Gasteiger partial charge is 0.469 e. The molecule has 0 amide bonds. The minimum Gasteiger partial charge on any atom is -0.469 e. The van der Waals surface area contributed by atoms with E-state index in [2.05, 4.69) is 9.46 Å². The Kier molecular flexibility index (Phi) is 6.51. The van der Waals surface area contributed by atoms with Crippen LogP contribution >= 0.6 is 11.8 Å². The summed E-state index contributed by atoms with van der Waals surface area (Å²) in [6, 6.07) is 6.75. The van der Waals surface area contributed by atoms with E-state index in [1.54, 1.807) is 38.1 Å². The maximum absolute atomic E-state index is 12.1. The van der Waals surface area contributed by atoms with E-state index in [4.69, 9.17) is 0 Å². The fraction of sp³-hybridized carbons (Fsp3) is 0.462. The Morgan fingerprint density at radius 1 is 1.40 bits per heavy atom. The molecule has 20 heavy (non-hydrogen) atoms. The predicted octanol–water partition coefficient (Wildman–Crippen LogP) is 1.89. The molecule has 0 aliphatic carbocycles. The summed E-state index contributed by atoms with van der Waals surface area (Å²) >= 11 is 1.33. The third-order valence-corrected chi connectivity index (χ3v) is 5.63. The van der Waals surface area contributed by atoms with Crippen molar-refractivity contribution in [3.63, 3.8) is 0 Å². The zero-order valence-electron chi connectivity index (χ0n) is 11.8. The number of nitrogens with one attached hydrogen (secondary N) is 1. The zero-order chi connectivity index (χ0) is 15.2. The number of methoxy groups -OCH3 is 1. The monoisotopic (exact) mass is 317 g/mol. The molecule has 1 aromatic carbocycles. The first-order valence-electron chi connectivity index (χ1n) is 6.21. The van der Waals surface area contributed by atoms with Crippen molar-refractivity contribution >= 4 is 27.8 Å². The first-order chi connectivity index (χ1) is 9.42. The number of thioether (sulfide) groups is 1. The van der Waals surface area contributed by atoms with Gasteiger partial charge in [0.15, 0.2) is 0 Å². The van der Waals surface area contributed by atoms with Gasteiger partial charge >= 0.3 is 5.97 Å². The van der Waals surface area contributed by atoms with Gasteiger partial charge in [-0.1, -0.05) is 26.0 Å². The average Bonchev–Trinajstić information content (AvgIpc) is 2.44. The van der Waals surface area contributed by atoms with Gasteiger partial charge in [0.25, 0.3) is 0 Å². The van der Waals surface area contributed by atoms with Crippen molar-refractivity contribution in [2.75, 3.05) is 19.4 Å². The first kappa shape index (κ1) is 17.0. The molecule has 1 rings (SSSR count). The Morgan fingerprint density at radius 2 is 2.05 bits per heavy atom. The molecule has 0 fully saturated rings. The lowest BCUT2D eigenvalue weighted by Crippen LogP contribution is -2.23. The number of carbonyl (C=O) groups is 1. The second kappa shape index (κ2) is 7.66. The molecule has 1 aromatic rings. The molecule has 0 bridgehead atoms. The van der Waals surface area contributed by atoms with Gasteiger partial charge in [-0.3, -0.25) is 4.79 Å². The molecule has 7 heteroatoms. The number of rotatable bonds is 7. The highest BCUT2D eigenvalue weighted by molar-refractivity contribution is 8.00. The number of sulfonamides is 1. The third-order valence-electron chi connectivity index (χ3n) is 2.57. The standard InChI is InChI=1S/C13H19NO4S2/c1-4-14-20(16,17)12-8-6-5-7-11(12)19-9-10(2)13(15)18-3/h5-8,10,14H,4,9H2,1-3H3. The van der Waals surface area contributed by atoms with Crippen molar-refractivity contribution in [2.45, 2.75) is 23.6 Å². The molecule has 5 nitrogen and oxygen atoms in total. The van der Waals surface area contributed by atoms with Crippen molar-refractivity contribution in [1.29, 1.82) is 0 Å². The molecule has 0 saturated heterocycles. The molecule has 0 aliphatic rings. The van der Waals surface area contributed by atoms with E-state index in [0.29, 0.717) is 17.2 Å². The van der Waals surface area contributed by atoms with Gasteiger partial charge in [0, 0.05) is 17.2 Å². The van der Waals surface area contributed by atoms with Crippen molar-refractivity contribution in [1.82, 2.24) is 4.72 Å². The summed E-state index contributed by atoms with van der Waals surface area (Å²) in [5.41, 5.74) is 0. The lowest BCUT2D eigenvalue weighted by molar-refractivity contribution is -0.143. The first-order valence-corrected chi connectivity index (χ1v) is 8.68. The van der Waals surface area contributed by atoms with Crippen LogP contribution in [-0.2, 0) is 19.6 Å². The van der Waals surface area contributed by atoms with Crippen LogP contribution in [0.15, 0.2) is 34.1 Å². The van der Waals surface area contributed by atoms with Gasteiger partial charge in [0.1, 0.15) is 0 Å². The summed E-state index contributed by atoms with van der Waals surface area (Å²) < 4.78 is 31.3. The molecule has 1 N–H and O–H groups in total. The number of carbonyl (C=O) groups excluding carboxylic acids is 1. The molecule has 0 spiro atoms. The van der Waals surface area contributed by atoms with Crippen LogP contribution in [0.25, 0.3) is 0 Å². The van der Waals surface area contributed by atoms with Crippen LogP contribution in [-0.4, -0.2) is 33.8 Å². The minimum absolute atomic E-state index is 0.240. The third kappa shape index (κ3) is 4.50. The maximum atomic E-state index is 12.1. The molecule has 0 aromatic heterocycles. The summed E-state index contributed by atoms with van der Waals surface area (Å²) in [6.07, 6.45) is 0. The Bertz CT molecular complexity index is 557. The van der Waals surface area contributed by atoms with E-state index in [-0.39, 0.29) is 16.8 Å². The van der Waals surface area contributed by atoms with E-state index in [0.717, 1.165) is 0 Å². The van der Waals surface area contributed by atoms with Gasteiger partial charge in [-0.05, 0) is 12.1 Å². The van der Waals surface area contributed by atoms with E-state index >= 15 is 0 Å². The van der Waals surface area contributed by atoms with Crippen LogP contribution in [0.2, 0.25) is 0 Å². The van der Waals surface area contributed by atoms with E-state index in [1.165, 1.54) is 18.9 Å². The summed E-state index contributed by atoms with van der Waals surface area (Å²) in [5.74, 6) is -0.130. The number of ether oxygens (including phenoxy) is 1. The van der Waals surface area contributed by atoms with Crippen LogP contribution < -0.4 is 4.72 Å². The van der Waals surface area contributed by atoms with Gasteiger partial charge in [-0.25, -0.2) is 13.1 Å². The predicted molar refractivity (Wildman–Crippen MR) is 79.2 cm³/mol. The summed E-state index contributed by atoms with van der Waals surface area (Å²) in [4.78, 5) is 12.2. The summed E-state index contributed by atoms with van der Waals surface area (Å²) in [5, 5.41) is 0. The molecular formula is C13H19NO4S2. The molecule has 0 saturated carbocycles. The van der Waals surface area contributed by atoms with E-state index in [1.807, 2.05) is 0 Å². The van der Waals surface area contributed by atoms with Crippen LogP contribution in [0.4, 0.5) is 0 Å². The second-order valence-electron chi connectivity index (χ2n) is 4.18. The zero-order valence-corrected chi connectivity index (χ0v) is 13.4.